The molecular weight excluding hydrogens is 354 g/mol. The molecule has 0 bridgehead atoms. The zero-order chi connectivity index (χ0) is 18.6. The molecule has 0 aliphatic heterocycles. The Bertz CT molecular complexity index is 937. The molecule has 130 valence electrons. The molecule has 2 aromatic carbocycles. The zero-order valence-corrected chi connectivity index (χ0v) is 14.0. The van der Waals surface area contributed by atoms with Crippen LogP contribution in [0.5, 0.6) is 0 Å². The normalized spacial score (nSPS) is 10.1. The minimum Gasteiger partial charge on any atom is -0.340 e. The summed E-state index contributed by atoms with van der Waals surface area (Å²) >= 11 is 5.70. The van der Waals surface area contributed by atoms with Crippen molar-refractivity contribution >= 4 is 39.7 Å². The number of aromatic nitrogens is 2. The third-order valence-electron chi connectivity index (χ3n) is 3.08. The van der Waals surface area contributed by atoms with E-state index in [-0.39, 0.29) is 21.7 Å². The molecule has 1 aromatic heterocycles. The van der Waals surface area contributed by atoms with Gasteiger partial charge in [0.2, 0.25) is 5.82 Å². The average Bonchev–Trinajstić information content (AvgIpc) is 2.59. The predicted octanol–water partition coefficient (Wildman–Crippen LogP) is 5.24. The highest BCUT2D eigenvalue weighted by Crippen LogP contribution is 2.29. The number of nitrogens with zero attached hydrogens (tertiary/aromatic N) is 3. The lowest BCUT2D eigenvalue weighted by Crippen LogP contribution is -1.99. The van der Waals surface area contributed by atoms with Crippen molar-refractivity contribution in [2.75, 3.05) is 5.32 Å². The van der Waals surface area contributed by atoms with Crippen LogP contribution in [-0.2, 0) is 0 Å². The number of halogens is 3. The number of anilines is 2. The lowest BCUT2D eigenvalue weighted by atomic mass is 10.2. The van der Waals surface area contributed by atoms with E-state index in [4.69, 9.17) is 11.6 Å². The van der Waals surface area contributed by atoms with Crippen LogP contribution < -0.4 is 5.32 Å². The molecule has 0 radical (unpaired) electrons. The van der Waals surface area contributed by atoms with Gasteiger partial charge in [0.05, 0.1) is 20.8 Å². The van der Waals surface area contributed by atoms with E-state index in [1.807, 2.05) is 13.8 Å². The number of hydrogen-bond donors (Lipinski definition) is 1. The summed E-state index contributed by atoms with van der Waals surface area (Å²) in [4.78, 5) is 17.9. The zero-order valence-electron chi connectivity index (χ0n) is 13.3. The van der Waals surface area contributed by atoms with Crippen molar-refractivity contribution in [2.24, 2.45) is 0 Å². The molecule has 3 aromatic rings. The van der Waals surface area contributed by atoms with Crippen molar-refractivity contribution in [3.8, 4) is 0 Å². The molecule has 0 saturated carbocycles. The highest BCUT2D eigenvalue weighted by Gasteiger charge is 2.18. The third kappa shape index (κ3) is 3.97. The maximum Gasteiger partial charge on any atom is 0.305 e. The maximum absolute atomic E-state index is 13.6. The van der Waals surface area contributed by atoms with E-state index in [0.717, 1.165) is 18.2 Å². The predicted molar refractivity (Wildman–Crippen MR) is 92.2 cm³/mol. The second kappa shape index (κ2) is 7.80. The average molecular weight is 367 g/mol. The van der Waals surface area contributed by atoms with Gasteiger partial charge in [-0.15, -0.1) is 0 Å². The van der Waals surface area contributed by atoms with Gasteiger partial charge in [0.25, 0.3) is 0 Å². The summed E-state index contributed by atoms with van der Waals surface area (Å²) < 4.78 is 26.8. The summed E-state index contributed by atoms with van der Waals surface area (Å²) in [6, 6.07) is 5.92. The van der Waals surface area contributed by atoms with Crippen molar-refractivity contribution in [1.29, 1.82) is 0 Å². The topological polar surface area (TPSA) is 81.0 Å². The molecule has 0 aliphatic carbocycles. The van der Waals surface area contributed by atoms with Gasteiger partial charge >= 0.3 is 5.69 Å². The molecule has 0 fully saturated rings. The van der Waals surface area contributed by atoms with Crippen LogP contribution in [0.2, 0.25) is 5.02 Å². The quantitative estimate of drug-likeness (QED) is 0.506. The smallest absolute Gasteiger partial charge is 0.305 e. The minimum absolute atomic E-state index is 0.0922. The first-order chi connectivity index (χ1) is 12.0. The Morgan fingerprint density at radius 3 is 2.48 bits per heavy atom. The van der Waals surface area contributed by atoms with Crippen molar-refractivity contribution in [3.05, 3.63) is 63.4 Å². The van der Waals surface area contributed by atoms with Crippen LogP contribution in [0, 0.1) is 21.7 Å². The van der Waals surface area contributed by atoms with E-state index < -0.39 is 22.2 Å². The van der Waals surface area contributed by atoms with Crippen LogP contribution in [0.15, 0.2) is 36.7 Å². The third-order valence-corrected chi connectivity index (χ3v) is 3.37. The summed E-state index contributed by atoms with van der Waals surface area (Å²) in [5.74, 6) is -1.36. The first-order valence-corrected chi connectivity index (χ1v) is 7.64. The van der Waals surface area contributed by atoms with Gasteiger partial charge < -0.3 is 5.32 Å². The Hall–Kier alpha value is -2.87. The Labute approximate surface area is 146 Å². The first-order valence-electron chi connectivity index (χ1n) is 7.26. The van der Waals surface area contributed by atoms with Gasteiger partial charge in [-0.3, -0.25) is 10.1 Å². The Morgan fingerprint density at radius 2 is 1.84 bits per heavy atom. The standard InChI is InChI=1S/C14H7ClF2N4O2.C2H6/c15-9-3-7(1-2-10(9)16)20-14-8-4-13(21(22)23)11(17)5-12(8)18-6-19-14;1-2/h1-6H,(H,18,19,20);1-2H3. The number of benzene rings is 2. The molecule has 6 nitrogen and oxygen atoms in total. The molecule has 1 heterocycles. The van der Waals surface area contributed by atoms with E-state index >= 15 is 0 Å². The summed E-state index contributed by atoms with van der Waals surface area (Å²) in [5, 5.41) is 13.9. The number of nitrogens with one attached hydrogen (secondary N) is 1. The van der Waals surface area contributed by atoms with Gasteiger partial charge in [-0.05, 0) is 18.2 Å². The molecule has 3 rings (SSSR count). The second-order valence-electron chi connectivity index (χ2n) is 4.55. The van der Waals surface area contributed by atoms with Crippen LogP contribution in [-0.4, -0.2) is 14.9 Å². The fourth-order valence-electron chi connectivity index (χ4n) is 2.02. The summed E-state index contributed by atoms with van der Waals surface area (Å²) in [5.41, 5.74) is -0.0744. The number of rotatable bonds is 3. The number of hydrogen-bond acceptors (Lipinski definition) is 5. The summed E-state index contributed by atoms with van der Waals surface area (Å²) in [6.07, 6.45) is 1.18. The molecule has 0 atom stereocenters. The highest BCUT2D eigenvalue weighted by molar-refractivity contribution is 6.31. The molecular formula is C16H13ClF2N4O2. The fourth-order valence-corrected chi connectivity index (χ4v) is 2.20. The lowest BCUT2D eigenvalue weighted by molar-refractivity contribution is -0.387. The van der Waals surface area contributed by atoms with E-state index in [0.29, 0.717) is 5.69 Å². The Balaban J connectivity index is 0.00000109. The Kier molecular flexibility index (Phi) is 5.76. The van der Waals surface area contributed by atoms with Crippen LogP contribution in [0.25, 0.3) is 10.9 Å². The second-order valence-corrected chi connectivity index (χ2v) is 4.96. The lowest BCUT2D eigenvalue weighted by Gasteiger charge is -2.09. The van der Waals surface area contributed by atoms with E-state index in [1.165, 1.54) is 18.5 Å². The molecule has 9 heteroatoms. The molecule has 0 amide bonds. The minimum atomic E-state index is -0.989. The van der Waals surface area contributed by atoms with Crippen LogP contribution >= 0.6 is 11.6 Å². The van der Waals surface area contributed by atoms with Gasteiger partial charge in [-0.2, -0.15) is 4.39 Å². The SMILES string of the molecule is CC.O=[N+]([O-])c1cc2c(Nc3ccc(F)c(Cl)c3)ncnc2cc1F. The fraction of sp³-hybridized carbons (Fsp3) is 0.125. The summed E-state index contributed by atoms with van der Waals surface area (Å²) in [7, 11) is 0. The van der Waals surface area contributed by atoms with Crippen molar-refractivity contribution in [1.82, 2.24) is 9.97 Å². The Morgan fingerprint density at radius 1 is 1.12 bits per heavy atom. The molecule has 0 spiro atoms. The molecule has 25 heavy (non-hydrogen) atoms. The van der Waals surface area contributed by atoms with Crippen molar-refractivity contribution in [3.63, 3.8) is 0 Å². The molecule has 0 saturated heterocycles. The van der Waals surface area contributed by atoms with Crippen LogP contribution in [0.1, 0.15) is 13.8 Å². The highest BCUT2D eigenvalue weighted by atomic mass is 35.5. The number of fused-ring (bicyclic) bond motifs is 1. The molecule has 0 aliphatic rings. The van der Waals surface area contributed by atoms with Crippen molar-refractivity contribution in [2.45, 2.75) is 13.8 Å². The van der Waals surface area contributed by atoms with Gasteiger partial charge in [0.1, 0.15) is 18.0 Å². The number of nitro groups is 1. The van der Waals surface area contributed by atoms with Gasteiger partial charge in [0.15, 0.2) is 0 Å². The van der Waals surface area contributed by atoms with E-state index in [9.17, 15) is 18.9 Å². The maximum atomic E-state index is 13.6. The monoisotopic (exact) mass is 366 g/mol. The number of nitro benzene ring substituents is 1. The van der Waals surface area contributed by atoms with Gasteiger partial charge in [0, 0.05) is 17.8 Å². The van der Waals surface area contributed by atoms with Crippen LogP contribution in [0.3, 0.4) is 0 Å². The van der Waals surface area contributed by atoms with E-state index in [1.54, 1.807) is 0 Å². The first kappa shape index (κ1) is 18.5. The van der Waals surface area contributed by atoms with Gasteiger partial charge in [-0.25, -0.2) is 14.4 Å². The van der Waals surface area contributed by atoms with Crippen LogP contribution in [0.4, 0.5) is 26.0 Å². The molecule has 0 unspecified atom stereocenters. The van der Waals surface area contributed by atoms with Crippen molar-refractivity contribution < 1.29 is 13.7 Å². The molecule has 1 N–H and O–H groups in total. The van der Waals surface area contributed by atoms with E-state index in [2.05, 4.69) is 15.3 Å². The largest absolute Gasteiger partial charge is 0.340 e. The van der Waals surface area contributed by atoms with Gasteiger partial charge in [-0.1, -0.05) is 25.4 Å². The summed E-state index contributed by atoms with van der Waals surface area (Å²) in [6.45, 7) is 4.00.